The molecule has 0 radical (unpaired) electrons. The van der Waals surface area contributed by atoms with Crippen molar-refractivity contribution < 1.29 is 9.72 Å². The topological polar surface area (TPSA) is 120 Å². The number of non-ortho nitro benzene ring substituents is 1. The van der Waals surface area contributed by atoms with Gasteiger partial charge in [0.05, 0.1) is 28.9 Å². The molecule has 8 nitrogen and oxygen atoms in total. The van der Waals surface area contributed by atoms with Crippen molar-refractivity contribution in [3.8, 4) is 6.07 Å². The number of nitrogens with one attached hydrogen (secondary N) is 3. The van der Waals surface area contributed by atoms with E-state index in [0.29, 0.717) is 11.4 Å². The van der Waals surface area contributed by atoms with Gasteiger partial charge in [0.2, 0.25) is 5.91 Å². The standard InChI is InChI=1S/C20H23N5O3/c1-14(2)20(3,13-21)24-19(26)12-22-18-11-16(25(27)28)9-10-17(18)23-15-7-5-4-6-8-15/h4-11,14,22-23H,12H2,1-3H3,(H,24,26). The minimum Gasteiger partial charge on any atom is -0.374 e. The molecule has 3 N–H and O–H groups in total. The Hall–Kier alpha value is -3.60. The smallest absolute Gasteiger partial charge is 0.271 e. The predicted octanol–water partition coefficient (Wildman–Crippen LogP) is 3.80. The van der Waals surface area contributed by atoms with Gasteiger partial charge in [0, 0.05) is 17.8 Å². The molecule has 146 valence electrons. The molecule has 0 saturated heterocycles. The van der Waals surface area contributed by atoms with Crippen LogP contribution in [0.4, 0.5) is 22.7 Å². The molecule has 0 bridgehead atoms. The van der Waals surface area contributed by atoms with Crippen LogP contribution in [0.5, 0.6) is 0 Å². The summed E-state index contributed by atoms with van der Waals surface area (Å²) in [6.45, 7) is 5.22. The summed E-state index contributed by atoms with van der Waals surface area (Å²) in [5, 5.41) is 29.2. The van der Waals surface area contributed by atoms with Gasteiger partial charge in [0.25, 0.3) is 5.69 Å². The van der Waals surface area contributed by atoms with E-state index in [1.165, 1.54) is 12.1 Å². The van der Waals surface area contributed by atoms with Crippen LogP contribution >= 0.6 is 0 Å². The molecule has 0 aliphatic carbocycles. The molecule has 0 aliphatic rings. The molecular weight excluding hydrogens is 358 g/mol. The quantitative estimate of drug-likeness (QED) is 0.472. The van der Waals surface area contributed by atoms with Crippen molar-refractivity contribution in [2.45, 2.75) is 26.3 Å². The van der Waals surface area contributed by atoms with Gasteiger partial charge in [0.1, 0.15) is 5.54 Å². The summed E-state index contributed by atoms with van der Waals surface area (Å²) in [6.07, 6.45) is 0. The van der Waals surface area contributed by atoms with Gasteiger partial charge in [0.15, 0.2) is 0 Å². The number of carbonyl (C=O) groups is 1. The first kappa shape index (κ1) is 20.7. The Balaban J connectivity index is 2.18. The zero-order chi connectivity index (χ0) is 20.7. The van der Waals surface area contributed by atoms with Crippen molar-refractivity contribution in [3.63, 3.8) is 0 Å². The molecule has 2 aromatic rings. The van der Waals surface area contributed by atoms with Crippen LogP contribution in [-0.4, -0.2) is 22.9 Å². The zero-order valence-electron chi connectivity index (χ0n) is 16.0. The van der Waals surface area contributed by atoms with Crippen LogP contribution in [0.15, 0.2) is 48.5 Å². The van der Waals surface area contributed by atoms with E-state index in [9.17, 15) is 20.2 Å². The van der Waals surface area contributed by atoms with Crippen LogP contribution < -0.4 is 16.0 Å². The van der Waals surface area contributed by atoms with Gasteiger partial charge in [-0.2, -0.15) is 5.26 Å². The minimum absolute atomic E-state index is 0.0745. The number of benzene rings is 2. The third-order valence-electron chi connectivity index (χ3n) is 4.49. The van der Waals surface area contributed by atoms with Crippen LogP contribution in [0.3, 0.4) is 0 Å². The summed E-state index contributed by atoms with van der Waals surface area (Å²) in [4.78, 5) is 22.9. The first-order valence-electron chi connectivity index (χ1n) is 8.82. The van der Waals surface area contributed by atoms with Crippen molar-refractivity contribution in [2.75, 3.05) is 17.2 Å². The maximum Gasteiger partial charge on any atom is 0.271 e. The van der Waals surface area contributed by atoms with Crippen molar-refractivity contribution >= 4 is 28.7 Å². The van der Waals surface area contributed by atoms with Crippen LogP contribution in [0.2, 0.25) is 0 Å². The van der Waals surface area contributed by atoms with E-state index in [1.807, 2.05) is 44.2 Å². The fourth-order valence-corrected chi connectivity index (χ4v) is 2.39. The molecule has 2 rings (SSSR count). The first-order chi connectivity index (χ1) is 13.2. The molecule has 0 fully saturated rings. The fraction of sp³-hybridized carbons (Fsp3) is 0.300. The molecule has 0 heterocycles. The van der Waals surface area contributed by atoms with E-state index in [4.69, 9.17) is 0 Å². The second-order valence-corrected chi connectivity index (χ2v) is 6.85. The highest BCUT2D eigenvalue weighted by molar-refractivity contribution is 5.84. The average molecular weight is 381 g/mol. The van der Waals surface area contributed by atoms with Gasteiger partial charge in [-0.1, -0.05) is 32.0 Å². The SMILES string of the molecule is CC(C)C(C)(C#N)NC(=O)CNc1cc([N+](=O)[O-])ccc1Nc1ccccc1. The number of anilines is 3. The largest absolute Gasteiger partial charge is 0.374 e. The van der Waals surface area contributed by atoms with E-state index >= 15 is 0 Å². The molecule has 2 aromatic carbocycles. The molecule has 0 aliphatic heterocycles. The number of carbonyl (C=O) groups excluding carboxylic acids is 1. The van der Waals surface area contributed by atoms with Gasteiger partial charge in [-0.25, -0.2) is 0 Å². The van der Waals surface area contributed by atoms with Crippen LogP contribution in [0, 0.1) is 27.4 Å². The highest BCUT2D eigenvalue weighted by Gasteiger charge is 2.29. The molecule has 0 aromatic heterocycles. The van der Waals surface area contributed by atoms with Gasteiger partial charge >= 0.3 is 0 Å². The lowest BCUT2D eigenvalue weighted by molar-refractivity contribution is -0.384. The van der Waals surface area contributed by atoms with Crippen molar-refractivity contribution in [2.24, 2.45) is 5.92 Å². The van der Waals surface area contributed by atoms with E-state index in [0.717, 1.165) is 5.69 Å². The molecule has 28 heavy (non-hydrogen) atoms. The predicted molar refractivity (Wildman–Crippen MR) is 108 cm³/mol. The van der Waals surface area contributed by atoms with E-state index in [2.05, 4.69) is 22.0 Å². The number of nitrogens with zero attached hydrogens (tertiary/aromatic N) is 2. The minimum atomic E-state index is -0.993. The number of rotatable bonds is 8. The molecule has 0 saturated carbocycles. The average Bonchev–Trinajstić information content (AvgIpc) is 2.67. The molecule has 8 heteroatoms. The zero-order valence-corrected chi connectivity index (χ0v) is 16.0. The lowest BCUT2D eigenvalue weighted by atomic mass is 9.90. The molecule has 1 atom stereocenters. The normalized spacial score (nSPS) is 12.5. The Labute approximate surface area is 163 Å². The van der Waals surface area contributed by atoms with Crippen molar-refractivity contribution in [1.29, 1.82) is 5.26 Å². The van der Waals surface area contributed by atoms with E-state index < -0.39 is 10.5 Å². The Kier molecular flexibility index (Phi) is 6.55. The third-order valence-corrected chi connectivity index (χ3v) is 4.49. The van der Waals surface area contributed by atoms with Crippen LogP contribution in [-0.2, 0) is 4.79 Å². The number of hydrogen-bond donors (Lipinski definition) is 3. The molecule has 0 spiro atoms. The Morgan fingerprint density at radius 1 is 1.21 bits per heavy atom. The number of amides is 1. The number of hydrogen-bond acceptors (Lipinski definition) is 6. The van der Waals surface area contributed by atoms with Crippen LogP contribution in [0.25, 0.3) is 0 Å². The fourth-order valence-electron chi connectivity index (χ4n) is 2.39. The summed E-state index contributed by atoms with van der Waals surface area (Å²) in [7, 11) is 0. The number of nitro benzene ring substituents is 1. The third kappa shape index (κ3) is 5.20. The van der Waals surface area contributed by atoms with Crippen molar-refractivity contribution in [3.05, 3.63) is 58.6 Å². The highest BCUT2D eigenvalue weighted by atomic mass is 16.6. The van der Waals surface area contributed by atoms with E-state index in [-0.39, 0.29) is 24.1 Å². The Bertz CT molecular complexity index is 892. The summed E-state index contributed by atoms with van der Waals surface area (Å²) >= 11 is 0. The summed E-state index contributed by atoms with van der Waals surface area (Å²) in [6, 6.07) is 15.8. The number of nitro groups is 1. The Morgan fingerprint density at radius 3 is 2.46 bits per heavy atom. The lowest BCUT2D eigenvalue weighted by Gasteiger charge is -2.27. The Morgan fingerprint density at radius 2 is 1.89 bits per heavy atom. The molecule has 1 amide bonds. The van der Waals surface area contributed by atoms with Gasteiger partial charge in [-0.15, -0.1) is 0 Å². The number of para-hydroxylation sites is 1. The summed E-state index contributed by atoms with van der Waals surface area (Å²) in [5.41, 5.74) is 0.728. The van der Waals surface area contributed by atoms with Crippen LogP contribution in [0.1, 0.15) is 20.8 Å². The first-order valence-corrected chi connectivity index (χ1v) is 8.82. The van der Waals surface area contributed by atoms with Gasteiger partial charge in [-0.3, -0.25) is 14.9 Å². The number of nitriles is 1. The maximum atomic E-state index is 12.3. The second kappa shape index (κ2) is 8.86. The summed E-state index contributed by atoms with van der Waals surface area (Å²) in [5.74, 6) is -0.454. The lowest BCUT2D eigenvalue weighted by Crippen LogP contribution is -2.50. The van der Waals surface area contributed by atoms with E-state index in [1.54, 1.807) is 13.0 Å². The molecular formula is C20H23N5O3. The maximum absolute atomic E-state index is 12.3. The summed E-state index contributed by atoms with van der Waals surface area (Å²) < 4.78 is 0. The monoisotopic (exact) mass is 381 g/mol. The van der Waals surface area contributed by atoms with Gasteiger partial charge in [-0.05, 0) is 31.0 Å². The molecule has 1 unspecified atom stereocenters. The highest BCUT2D eigenvalue weighted by Crippen LogP contribution is 2.29. The van der Waals surface area contributed by atoms with Crippen molar-refractivity contribution in [1.82, 2.24) is 5.32 Å². The second-order valence-electron chi connectivity index (χ2n) is 6.85. The van der Waals surface area contributed by atoms with Gasteiger partial charge < -0.3 is 16.0 Å².